The van der Waals surface area contributed by atoms with Crippen LogP contribution in [0.15, 0.2) is 28.6 Å². The molecule has 0 atom stereocenters. The average molecular weight is 257 g/mol. The Morgan fingerprint density at radius 1 is 1.44 bits per heavy atom. The second-order valence-electron chi connectivity index (χ2n) is 3.14. The van der Waals surface area contributed by atoms with Crippen molar-refractivity contribution < 1.29 is 8.42 Å². The zero-order valence-corrected chi connectivity index (χ0v) is 10.0. The summed E-state index contributed by atoms with van der Waals surface area (Å²) in [5.41, 5.74) is 7.60. The van der Waals surface area contributed by atoms with Crippen molar-refractivity contribution in [1.29, 1.82) is 0 Å². The Bertz CT molecular complexity index is 592. The van der Waals surface area contributed by atoms with Crippen molar-refractivity contribution in [2.75, 3.05) is 13.1 Å². The lowest BCUT2D eigenvalue weighted by Gasteiger charge is -2.05. The lowest BCUT2D eigenvalue weighted by atomic mass is 10.3. The number of fused-ring (bicyclic) bond motifs is 1. The van der Waals surface area contributed by atoms with Gasteiger partial charge in [-0.3, -0.25) is 0 Å². The van der Waals surface area contributed by atoms with E-state index in [2.05, 4.69) is 9.71 Å². The predicted octanol–water partition coefficient (Wildman–Crippen LogP) is 0.533. The van der Waals surface area contributed by atoms with Gasteiger partial charge in [-0.1, -0.05) is 6.07 Å². The molecule has 16 heavy (non-hydrogen) atoms. The Hall–Kier alpha value is -1.02. The van der Waals surface area contributed by atoms with E-state index in [4.69, 9.17) is 5.73 Å². The molecular formula is C9H11N3O2S2. The van der Waals surface area contributed by atoms with E-state index in [9.17, 15) is 8.42 Å². The quantitative estimate of drug-likeness (QED) is 0.837. The van der Waals surface area contributed by atoms with E-state index >= 15 is 0 Å². The standard InChI is InChI=1S/C9H11N3O2S2/c10-4-5-12-16(13,14)8-3-1-2-7-9(8)15-6-11-7/h1-3,6,12H,4-5,10H2. The summed E-state index contributed by atoms with van der Waals surface area (Å²) in [6.45, 7) is 0.509. The monoisotopic (exact) mass is 257 g/mol. The van der Waals surface area contributed by atoms with Gasteiger partial charge in [0.1, 0.15) is 4.90 Å². The minimum absolute atomic E-state index is 0.234. The van der Waals surface area contributed by atoms with Crippen molar-refractivity contribution in [1.82, 2.24) is 9.71 Å². The van der Waals surface area contributed by atoms with Crippen LogP contribution in [0.3, 0.4) is 0 Å². The van der Waals surface area contributed by atoms with Gasteiger partial charge in [-0.05, 0) is 12.1 Å². The van der Waals surface area contributed by atoms with Gasteiger partial charge in [0, 0.05) is 13.1 Å². The molecule has 0 bridgehead atoms. The second-order valence-corrected chi connectivity index (χ2v) is 5.73. The van der Waals surface area contributed by atoms with E-state index < -0.39 is 10.0 Å². The number of aromatic nitrogens is 1. The van der Waals surface area contributed by atoms with Crippen molar-refractivity contribution in [3.8, 4) is 0 Å². The Balaban J connectivity index is 2.50. The predicted molar refractivity (Wildman–Crippen MR) is 63.9 cm³/mol. The van der Waals surface area contributed by atoms with Crippen LogP contribution in [0.4, 0.5) is 0 Å². The van der Waals surface area contributed by atoms with Crippen LogP contribution in [0.2, 0.25) is 0 Å². The first-order valence-electron chi connectivity index (χ1n) is 4.67. The van der Waals surface area contributed by atoms with Crippen LogP contribution in [-0.2, 0) is 10.0 Å². The highest BCUT2D eigenvalue weighted by atomic mass is 32.2. The maximum Gasteiger partial charge on any atom is 0.242 e. The van der Waals surface area contributed by atoms with Crippen LogP contribution in [0.5, 0.6) is 0 Å². The number of sulfonamides is 1. The molecule has 5 nitrogen and oxygen atoms in total. The number of nitrogens with zero attached hydrogens (tertiary/aromatic N) is 1. The fourth-order valence-electron chi connectivity index (χ4n) is 1.34. The molecule has 86 valence electrons. The largest absolute Gasteiger partial charge is 0.329 e. The Morgan fingerprint density at radius 3 is 3.00 bits per heavy atom. The minimum atomic E-state index is -3.48. The summed E-state index contributed by atoms with van der Waals surface area (Å²) in [4.78, 5) is 4.34. The molecule has 0 unspecified atom stereocenters. The highest BCUT2D eigenvalue weighted by molar-refractivity contribution is 7.90. The molecule has 1 aromatic heterocycles. The van der Waals surface area contributed by atoms with E-state index in [1.54, 1.807) is 23.7 Å². The molecule has 2 aromatic rings. The fourth-order valence-corrected chi connectivity index (χ4v) is 3.66. The van der Waals surface area contributed by atoms with Crippen LogP contribution in [0, 0.1) is 0 Å². The number of rotatable bonds is 4. The highest BCUT2D eigenvalue weighted by Crippen LogP contribution is 2.25. The van der Waals surface area contributed by atoms with Crippen molar-refractivity contribution in [2.24, 2.45) is 5.73 Å². The van der Waals surface area contributed by atoms with Crippen molar-refractivity contribution in [3.05, 3.63) is 23.7 Å². The zero-order valence-electron chi connectivity index (χ0n) is 8.38. The molecular weight excluding hydrogens is 246 g/mol. The number of nitrogens with two attached hydrogens (primary N) is 1. The van der Waals surface area contributed by atoms with Gasteiger partial charge in [0.25, 0.3) is 0 Å². The zero-order chi connectivity index (χ0) is 11.6. The van der Waals surface area contributed by atoms with Gasteiger partial charge >= 0.3 is 0 Å². The first-order chi connectivity index (χ1) is 7.65. The number of nitrogens with one attached hydrogen (secondary N) is 1. The van der Waals surface area contributed by atoms with E-state index in [0.717, 1.165) is 0 Å². The number of benzene rings is 1. The van der Waals surface area contributed by atoms with Gasteiger partial charge < -0.3 is 5.73 Å². The molecule has 7 heteroatoms. The van der Waals surface area contributed by atoms with Gasteiger partial charge in [0.15, 0.2) is 0 Å². The Labute approximate surface area is 97.4 Å². The number of hydrogen-bond acceptors (Lipinski definition) is 5. The third-order valence-electron chi connectivity index (χ3n) is 2.05. The maximum absolute atomic E-state index is 11.9. The van der Waals surface area contributed by atoms with Gasteiger partial charge in [-0.2, -0.15) is 0 Å². The normalized spacial score (nSPS) is 12.1. The summed E-state index contributed by atoms with van der Waals surface area (Å²) in [5, 5.41) is 0. The van der Waals surface area contributed by atoms with Crippen LogP contribution >= 0.6 is 11.3 Å². The lowest BCUT2D eigenvalue weighted by Crippen LogP contribution is -2.29. The van der Waals surface area contributed by atoms with E-state index in [-0.39, 0.29) is 18.0 Å². The third-order valence-corrected chi connectivity index (χ3v) is 4.55. The molecule has 0 aliphatic heterocycles. The van der Waals surface area contributed by atoms with Crippen molar-refractivity contribution in [3.63, 3.8) is 0 Å². The van der Waals surface area contributed by atoms with Gasteiger partial charge in [0.2, 0.25) is 10.0 Å². The van der Waals surface area contributed by atoms with Crippen LogP contribution < -0.4 is 10.5 Å². The number of hydrogen-bond donors (Lipinski definition) is 2. The van der Waals surface area contributed by atoms with Crippen LogP contribution in [-0.4, -0.2) is 26.5 Å². The molecule has 0 aliphatic rings. The summed E-state index contributed by atoms with van der Waals surface area (Å²) in [5.74, 6) is 0. The summed E-state index contributed by atoms with van der Waals surface area (Å²) < 4.78 is 26.9. The Morgan fingerprint density at radius 2 is 2.25 bits per heavy atom. The molecule has 3 N–H and O–H groups in total. The van der Waals surface area contributed by atoms with Crippen LogP contribution in [0.25, 0.3) is 10.2 Å². The van der Waals surface area contributed by atoms with Gasteiger partial charge in [0.05, 0.1) is 15.7 Å². The van der Waals surface area contributed by atoms with E-state index in [1.807, 2.05) is 0 Å². The molecule has 2 rings (SSSR count). The first kappa shape index (κ1) is 11.5. The maximum atomic E-state index is 11.9. The summed E-state index contributed by atoms with van der Waals surface area (Å²) >= 11 is 1.31. The van der Waals surface area contributed by atoms with Crippen molar-refractivity contribution >= 4 is 31.6 Å². The van der Waals surface area contributed by atoms with Crippen molar-refractivity contribution in [2.45, 2.75) is 4.90 Å². The van der Waals surface area contributed by atoms with Gasteiger partial charge in [-0.25, -0.2) is 18.1 Å². The molecule has 0 amide bonds. The van der Waals surface area contributed by atoms with Gasteiger partial charge in [-0.15, -0.1) is 11.3 Å². The fraction of sp³-hybridized carbons (Fsp3) is 0.222. The molecule has 0 saturated carbocycles. The summed E-state index contributed by atoms with van der Waals surface area (Å²) in [6.07, 6.45) is 0. The molecule has 0 radical (unpaired) electrons. The average Bonchev–Trinajstić information content (AvgIpc) is 2.73. The molecule has 1 heterocycles. The van der Waals surface area contributed by atoms with E-state index in [0.29, 0.717) is 10.2 Å². The SMILES string of the molecule is NCCNS(=O)(=O)c1cccc2ncsc12. The van der Waals surface area contributed by atoms with E-state index in [1.165, 1.54) is 11.3 Å². The summed E-state index contributed by atoms with van der Waals surface area (Å²) in [7, 11) is -3.48. The molecule has 0 spiro atoms. The number of thiazole rings is 1. The Kier molecular flexibility index (Phi) is 3.20. The molecule has 1 aromatic carbocycles. The molecule has 0 fully saturated rings. The molecule has 0 saturated heterocycles. The minimum Gasteiger partial charge on any atom is -0.329 e. The highest BCUT2D eigenvalue weighted by Gasteiger charge is 2.17. The topological polar surface area (TPSA) is 85.1 Å². The molecule has 0 aliphatic carbocycles. The summed E-state index contributed by atoms with van der Waals surface area (Å²) in [6, 6.07) is 5.03. The third kappa shape index (κ3) is 2.07. The van der Waals surface area contributed by atoms with Crippen LogP contribution in [0.1, 0.15) is 0 Å². The second kappa shape index (κ2) is 4.46. The first-order valence-corrected chi connectivity index (χ1v) is 7.03. The smallest absolute Gasteiger partial charge is 0.242 e. The lowest BCUT2D eigenvalue weighted by molar-refractivity contribution is 0.583.